The van der Waals surface area contributed by atoms with Gasteiger partial charge in [0.1, 0.15) is 0 Å². The van der Waals surface area contributed by atoms with Gasteiger partial charge in [0.15, 0.2) is 0 Å². The Morgan fingerprint density at radius 3 is 2.72 bits per heavy atom. The van der Waals surface area contributed by atoms with Crippen molar-refractivity contribution in [1.82, 2.24) is 15.0 Å². The molecule has 0 saturated carbocycles. The molecule has 0 radical (unpaired) electrons. The topological polar surface area (TPSA) is 60.4 Å². The molecule has 1 fully saturated rings. The van der Waals surface area contributed by atoms with Crippen LogP contribution in [0, 0.1) is 0 Å². The number of aromatic nitrogens is 3. The molecule has 2 heterocycles. The minimum atomic E-state index is -0.246. The second kappa shape index (κ2) is 4.85. The first kappa shape index (κ1) is 13.3. The number of halogens is 1. The highest BCUT2D eigenvalue weighted by molar-refractivity contribution is 6.28. The molecule has 0 amide bonds. The minimum absolute atomic E-state index is 0.107. The summed E-state index contributed by atoms with van der Waals surface area (Å²) in [4.78, 5) is 14.3. The van der Waals surface area contributed by atoms with Crippen molar-refractivity contribution in [3.8, 4) is 6.01 Å². The maximum absolute atomic E-state index is 5.86. The Labute approximate surface area is 111 Å². The Kier molecular flexibility index (Phi) is 3.59. The van der Waals surface area contributed by atoms with E-state index in [9.17, 15) is 0 Å². The van der Waals surface area contributed by atoms with E-state index >= 15 is 0 Å². The SMILES string of the molecule is COc1nc(Cl)nc(N2CC(C)OC(C)(C)C2)n1. The van der Waals surface area contributed by atoms with Crippen molar-refractivity contribution in [1.29, 1.82) is 0 Å². The van der Waals surface area contributed by atoms with Crippen molar-refractivity contribution in [2.75, 3.05) is 25.1 Å². The molecule has 1 saturated heterocycles. The molecule has 1 unspecified atom stereocenters. The van der Waals surface area contributed by atoms with E-state index in [0.717, 1.165) is 0 Å². The summed E-state index contributed by atoms with van der Waals surface area (Å²) >= 11 is 5.86. The molecule has 0 aliphatic carbocycles. The Hall–Kier alpha value is -1.14. The van der Waals surface area contributed by atoms with Gasteiger partial charge in [-0.15, -0.1) is 0 Å². The van der Waals surface area contributed by atoms with Crippen LogP contribution in [0.15, 0.2) is 0 Å². The minimum Gasteiger partial charge on any atom is -0.467 e. The molecular formula is C11H17ClN4O2. The van der Waals surface area contributed by atoms with Gasteiger partial charge in [0.2, 0.25) is 11.2 Å². The Morgan fingerprint density at radius 2 is 2.11 bits per heavy atom. The van der Waals surface area contributed by atoms with Gasteiger partial charge >= 0.3 is 6.01 Å². The van der Waals surface area contributed by atoms with Gasteiger partial charge < -0.3 is 14.4 Å². The summed E-state index contributed by atoms with van der Waals surface area (Å²) in [5.41, 5.74) is -0.246. The van der Waals surface area contributed by atoms with Gasteiger partial charge in [0.05, 0.1) is 18.8 Å². The standard InChI is InChI=1S/C11H17ClN4O2/c1-7-5-16(6-11(2,3)18-7)9-13-8(12)14-10(15-9)17-4/h7H,5-6H2,1-4H3. The average Bonchev–Trinajstić information content (AvgIpc) is 2.25. The normalized spacial score (nSPS) is 22.9. The zero-order valence-electron chi connectivity index (χ0n) is 11.0. The van der Waals surface area contributed by atoms with Gasteiger partial charge in [-0.3, -0.25) is 0 Å². The number of hydrogen-bond donors (Lipinski definition) is 0. The summed E-state index contributed by atoms with van der Waals surface area (Å²) in [7, 11) is 1.50. The fourth-order valence-corrected chi connectivity index (χ4v) is 2.31. The molecule has 1 aliphatic heterocycles. The molecule has 1 aliphatic rings. The first-order valence-electron chi connectivity index (χ1n) is 5.78. The Bertz CT molecular complexity index is 441. The smallest absolute Gasteiger partial charge is 0.322 e. The number of rotatable bonds is 2. The zero-order valence-corrected chi connectivity index (χ0v) is 11.7. The highest BCUT2D eigenvalue weighted by atomic mass is 35.5. The number of hydrogen-bond acceptors (Lipinski definition) is 6. The summed E-state index contributed by atoms with van der Waals surface area (Å²) in [6.45, 7) is 7.51. The van der Waals surface area contributed by atoms with Gasteiger partial charge in [-0.25, -0.2) is 0 Å². The van der Waals surface area contributed by atoms with E-state index in [1.807, 2.05) is 25.7 Å². The second-order valence-corrected chi connectivity index (χ2v) is 5.30. The highest BCUT2D eigenvalue weighted by Gasteiger charge is 2.32. The quantitative estimate of drug-likeness (QED) is 0.814. The summed E-state index contributed by atoms with van der Waals surface area (Å²) < 4.78 is 10.8. The largest absolute Gasteiger partial charge is 0.467 e. The van der Waals surface area contributed by atoms with Gasteiger partial charge in [0.25, 0.3) is 0 Å². The highest BCUT2D eigenvalue weighted by Crippen LogP contribution is 2.25. The first-order valence-corrected chi connectivity index (χ1v) is 6.16. The van der Waals surface area contributed by atoms with Crippen LogP contribution in [0.3, 0.4) is 0 Å². The van der Waals surface area contributed by atoms with Gasteiger partial charge in [-0.2, -0.15) is 15.0 Å². The lowest BCUT2D eigenvalue weighted by Gasteiger charge is -2.41. The van der Waals surface area contributed by atoms with E-state index in [1.54, 1.807) is 0 Å². The van der Waals surface area contributed by atoms with Crippen molar-refractivity contribution < 1.29 is 9.47 Å². The van der Waals surface area contributed by atoms with E-state index in [1.165, 1.54) is 7.11 Å². The summed E-state index contributed by atoms with van der Waals surface area (Å²) in [6, 6.07) is 0.224. The third-order valence-corrected chi connectivity index (χ3v) is 2.78. The monoisotopic (exact) mass is 272 g/mol. The molecule has 1 aromatic rings. The molecule has 100 valence electrons. The summed E-state index contributed by atoms with van der Waals surface area (Å²) in [5, 5.41) is 0.133. The van der Waals surface area contributed by atoms with Crippen molar-refractivity contribution in [3.63, 3.8) is 0 Å². The predicted molar refractivity (Wildman–Crippen MR) is 68.2 cm³/mol. The molecule has 18 heavy (non-hydrogen) atoms. The number of anilines is 1. The maximum Gasteiger partial charge on any atom is 0.322 e. The van der Waals surface area contributed by atoms with Gasteiger partial charge in [-0.1, -0.05) is 0 Å². The van der Waals surface area contributed by atoms with Crippen LogP contribution in [0.2, 0.25) is 5.28 Å². The van der Waals surface area contributed by atoms with E-state index in [-0.39, 0.29) is 23.0 Å². The molecule has 6 nitrogen and oxygen atoms in total. The molecule has 0 aromatic carbocycles. The fourth-order valence-electron chi connectivity index (χ4n) is 2.16. The maximum atomic E-state index is 5.86. The van der Waals surface area contributed by atoms with Crippen LogP contribution in [-0.4, -0.2) is 46.9 Å². The van der Waals surface area contributed by atoms with Crippen LogP contribution in [0.4, 0.5) is 5.95 Å². The van der Waals surface area contributed by atoms with Crippen LogP contribution in [-0.2, 0) is 4.74 Å². The fraction of sp³-hybridized carbons (Fsp3) is 0.727. The molecule has 2 rings (SSSR count). The molecular weight excluding hydrogens is 256 g/mol. The van der Waals surface area contributed by atoms with Crippen LogP contribution in [0.5, 0.6) is 6.01 Å². The molecule has 0 N–H and O–H groups in total. The lowest BCUT2D eigenvalue weighted by Crippen LogP contribution is -2.52. The van der Waals surface area contributed by atoms with Crippen molar-refractivity contribution in [3.05, 3.63) is 5.28 Å². The average molecular weight is 273 g/mol. The van der Waals surface area contributed by atoms with Crippen molar-refractivity contribution >= 4 is 17.5 Å². The Morgan fingerprint density at radius 1 is 1.39 bits per heavy atom. The molecule has 1 atom stereocenters. The first-order chi connectivity index (χ1) is 8.39. The van der Waals surface area contributed by atoms with E-state index < -0.39 is 0 Å². The van der Waals surface area contributed by atoms with Crippen molar-refractivity contribution in [2.45, 2.75) is 32.5 Å². The van der Waals surface area contributed by atoms with E-state index in [0.29, 0.717) is 19.0 Å². The number of ether oxygens (including phenoxy) is 2. The second-order valence-electron chi connectivity index (χ2n) is 4.96. The van der Waals surface area contributed by atoms with E-state index in [2.05, 4.69) is 15.0 Å². The van der Waals surface area contributed by atoms with Crippen LogP contribution >= 0.6 is 11.6 Å². The Balaban J connectivity index is 2.27. The predicted octanol–water partition coefficient (Wildman–Crippen LogP) is 1.54. The van der Waals surface area contributed by atoms with Gasteiger partial charge in [-0.05, 0) is 32.4 Å². The number of morpholine rings is 1. The lowest BCUT2D eigenvalue weighted by atomic mass is 10.1. The molecule has 0 spiro atoms. The summed E-state index contributed by atoms with van der Waals surface area (Å²) in [6.07, 6.45) is 0.107. The van der Waals surface area contributed by atoms with Crippen molar-refractivity contribution in [2.24, 2.45) is 0 Å². The molecule has 0 bridgehead atoms. The number of nitrogens with zero attached hydrogens (tertiary/aromatic N) is 4. The third kappa shape index (κ3) is 3.00. The lowest BCUT2D eigenvalue weighted by molar-refractivity contribution is -0.0754. The van der Waals surface area contributed by atoms with E-state index in [4.69, 9.17) is 21.1 Å². The van der Waals surface area contributed by atoms with Crippen LogP contribution in [0.1, 0.15) is 20.8 Å². The third-order valence-electron chi connectivity index (χ3n) is 2.61. The zero-order chi connectivity index (χ0) is 13.3. The molecule has 7 heteroatoms. The summed E-state index contributed by atoms with van der Waals surface area (Å²) in [5.74, 6) is 0.523. The van der Waals surface area contributed by atoms with Crippen LogP contribution in [0.25, 0.3) is 0 Å². The van der Waals surface area contributed by atoms with Gasteiger partial charge in [0, 0.05) is 13.1 Å². The van der Waals surface area contributed by atoms with Crippen LogP contribution < -0.4 is 9.64 Å². The number of methoxy groups -OCH3 is 1. The molecule has 1 aromatic heterocycles.